The zero-order valence-corrected chi connectivity index (χ0v) is 14.4. The lowest BCUT2D eigenvalue weighted by molar-refractivity contribution is 0.0801. The largest absolute Gasteiger partial charge is 0.340 e. The number of aromatic nitrogens is 1. The molecule has 0 spiro atoms. The predicted octanol–water partition coefficient (Wildman–Crippen LogP) is 3.01. The first-order chi connectivity index (χ1) is 8.72. The van der Waals surface area contributed by atoms with Crippen molar-refractivity contribution >= 4 is 53.4 Å². The molecular weight excluding hydrogens is 337 g/mol. The highest BCUT2D eigenvalue weighted by molar-refractivity contribution is 7.17. The van der Waals surface area contributed by atoms with Crippen LogP contribution >= 0.6 is 47.5 Å². The van der Waals surface area contributed by atoms with E-state index in [9.17, 15) is 4.79 Å². The summed E-state index contributed by atoms with van der Waals surface area (Å²) >= 11 is 3.08. The summed E-state index contributed by atoms with van der Waals surface area (Å²) in [6.07, 6.45) is 1.66. The molecule has 2 aromatic rings. The minimum Gasteiger partial charge on any atom is -0.340 e. The molecule has 2 rings (SSSR count). The van der Waals surface area contributed by atoms with Gasteiger partial charge in [0.15, 0.2) is 0 Å². The molecule has 2 heterocycles. The normalized spacial score (nSPS) is 9.50. The first-order valence-electron chi connectivity index (χ1n) is 5.61. The minimum atomic E-state index is 0. The van der Waals surface area contributed by atoms with Gasteiger partial charge in [0.05, 0.1) is 6.20 Å². The summed E-state index contributed by atoms with van der Waals surface area (Å²) in [5, 5.41) is 7.98. The van der Waals surface area contributed by atoms with Gasteiger partial charge >= 0.3 is 0 Å². The summed E-state index contributed by atoms with van der Waals surface area (Å²) in [5.41, 5.74) is 1.09. The number of thiazole rings is 1. The van der Waals surface area contributed by atoms with Crippen LogP contribution in [0.3, 0.4) is 0 Å². The van der Waals surface area contributed by atoms with Crippen LogP contribution in [0.5, 0.6) is 0 Å². The molecular formula is C12H17Cl2N3OS2. The van der Waals surface area contributed by atoms with E-state index in [0.29, 0.717) is 11.4 Å². The van der Waals surface area contributed by atoms with E-state index in [1.165, 1.54) is 11.3 Å². The molecule has 20 heavy (non-hydrogen) atoms. The Balaban J connectivity index is 0.00000180. The van der Waals surface area contributed by atoms with Crippen molar-refractivity contribution in [3.05, 3.63) is 27.9 Å². The average Bonchev–Trinajstić information content (AvgIpc) is 3.04. The van der Waals surface area contributed by atoms with E-state index >= 15 is 0 Å². The molecule has 0 radical (unpaired) electrons. The topological polar surface area (TPSA) is 45.2 Å². The Morgan fingerprint density at radius 3 is 2.80 bits per heavy atom. The molecule has 1 amide bonds. The summed E-state index contributed by atoms with van der Waals surface area (Å²) in [6, 6.07) is 2.02. The molecule has 112 valence electrons. The number of halogens is 2. The van der Waals surface area contributed by atoms with Crippen LogP contribution in [-0.2, 0) is 0 Å². The van der Waals surface area contributed by atoms with Crippen molar-refractivity contribution < 1.29 is 4.79 Å². The molecule has 0 atom stereocenters. The fraction of sp³-hybridized carbons (Fsp3) is 0.333. The van der Waals surface area contributed by atoms with Crippen molar-refractivity contribution in [2.75, 3.05) is 27.2 Å². The van der Waals surface area contributed by atoms with Crippen molar-refractivity contribution in [2.45, 2.75) is 0 Å². The van der Waals surface area contributed by atoms with Gasteiger partial charge in [-0.15, -0.1) is 36.2 Å². The Hall–Kier alpha value is -0.660. The van der Waals surface area contributed by atoms with Crippen molar-refractivity contribution in [2.24, 2.45) is 0 Å². The van der Waals surface area contributed by atoms with Gasteiger partial charge in [-0.25, -0.2) is 4.98 Å². The van der Waals surface area contributed by atoms with Crippen molar-refractivity contribution in [1.29, 1.82) is 0 Å². The van der Waals surface area contributed by atoms with Crippen LogP contribution in [0, 0.1) is 0 Å². The van der Waals surface area contributed by atoms with Crippen molar-refractivity contribution in [3.8, 4) is 10.6 Å². The number of carbonyl (C=O) groups is 1. The molecule has 0 saturated heterocycles. The Morgan fingerprint density at radius 1 is 1.45 bits per heavy atom. The van der Waals surface area contributed by atoms with Gasteiger partial charge < -0.3 is 10.2 Å². The lowest BCUT2D eigenvalue weighted by Gasteiger charge is -2.15. The van der Waals surface area contributed by atoms with Gasteiger partial charge in [-0.05, 0) is 18.5 Å². The SMILES string of the molecule is CNCCN(C)C(=O)c1cnc(-c2ccsc2)s1.Cl.Cl. The molecule has 4 nitrogen and oxygen atoms in total. The molecule has 0 unspecified atom stereocenters. The lowest BCUT2D eigenvalue weighted by Crippen LogP contribution is -2.32. The maximum absolute atomic E-state index is 12.1. The Kier molecular flexibility index (Phi) is 9.00. The quantitative estimate of drug-likeness (QED) is 0.898. The highest BCUT2D eigenvalue weighted by Crippen LogP contribution is 2.27. The number of carbonyl (C=O) groups excluding carboxylic acids is 1. The molecule has 0 aliphatic heterocycles. The Labute approximate surface area is 139 Å². The fourth-order valence-electron chi connectivity index (χ4n) is 1.46. The number of nitrogens with zero attached hydrogens (tertiary/aromatic N) is 2. The fourth-order valence-corrected chi connectivity index (χ4v) is 3.08. The Bertz CT molecular complexity index is 517. The molecule has 0 bridgehead atoms. The zero-order valence-electron chi connectivity index (χ0n) is 11.2. The number of nitrogens with one attached hydrogen (secondary N) is 1. The number of thiophene rings is 1. The van der Waals surface area contributed by atoms with Gasteiger partial charge in [0.25, 0.3) is 5.91 Å². The Morgan fingerprint density at radius 2 is 2.20 bits per heavy atom. The molecule has 0 aliphatic rings. The first kappa shape index (κ1) is 19.3. The second-order valence-corrected chi connectivity index (χ2v) is 5.68. The van der Waals surface area contributed by atoms with Crippen LogP contribution in [0.2, 0.25) is 0 Å². The van der Waals surface area contributed by atoms with Crippen LogP contribution in [0.4, 0.5) is 0 Å². The van der Waals surface area contributed by atoms with E-state index in [1.807, 2.05) is 30.9 Å². The molecule has 0 aromatic carbocycles. The van der Waals surface area contributed by atoms with Crippen molar-refractivity contribution in [1.82, 2.24) is 15.2 Å². The van der Waals surface area contributed by atoms with Crippen LogP contribution < -0.4 is 5.32 Å². The summed E-state index contributed by atoms with van der Waals surface area (Å²) in [6.45, 7) is 1.49. The van der Waals surface area contributed by atoms with E-state index in [0.717, 1.165) is 17.1 Å². The van der Waals surface area contributed by atoms with E-state index in [-0.39, 0.29) is 30.7 Å². The second-order valence-electron chi connectivity index (χ2n) is 3.87. The summed E-state index contributed by atoms with van der Waals surface area (Å²) in [5.74, 6) is 0.0317. The molecule has 0 fully saturated rings. The first-order valence-corrected chi connectivity index (χ1v) is 7.36. The number of likely N-dealkylation sites (N-methyl/N-ethyl adjacent to an activating group) is 2. The highest BCUT2D eigenvalue weighted by atomic mass is 35.5. The summed E-state index contributed by atoms with van der Waals surface area (Å²) < 4.78 is 0. The van der Waals surface area contributed by atoms with E-state index < -0.39 is 0 Å². The third-order valence-corrected chi connectivity index (χ3v) is 4.25. The average molecular weight is 354 g/mol. The van der Waals surface area contributed by atoms with Gasteiger partial charge in [-0.1, -0.05) is 0 Å². The van der Waals surface area contributed by atoms with Crippen LogP contribution in [0.25, 0.3) is 10.6 Å². The van der Waals surface area contributed by atoms with Gasteiger partial charge in [-0.3, -0.25) is 4.79 Å². The van der Waals surface area contributed by atoms with Gasteiger partial charge in [0, 0.05) is 31.1 Å². The number of hydrogen-bond acceptors (Lipinski definition) is 5. The van der Waals surface area contributed by atoms with E-state index in [1.54, 1.807) is 22.4 Å². The third-order valence-electron chi connectivity index (χ3n) is 2.53. The van der Waals surface area contributed by atoms with Gasteiger partial charge in [-0.2, -0.15) is 11.3 Å². The van der Waals surface area contributed by atoms with E-state index in [2.05, 4.69) is 10.3 Å². The lowest BCUT2D eigenvalue weighted by atomic mass is 10.4. The maximum Gasteiger partial charge on any atom is 0.265 e. The molecule has 8 heteroatoms. The molecule has 0 aliphatic carbocycles. The smallest absolute Gasteiger partial charge is 0.265 e. The van der Waals surface area contributed by atoms with Gasteiger partial charge in [0.1, 0.15) is 9.88 Å². The van der Waals surface area contributed by atoms with E-state index in [4.69, 9.17) is 0 Å². The van der Waals surface area contributed by atoms with Crippen molar-refractivity contribution in [3.63, 3.8) is 0 Å². The molecule has 2 aromatic heterocycles. The number of hydrogen-bond donors (Lipinski definition) is 1. The summed E-state index contributed by atoms with van der Waals surface area (Å²) in [7, 11) is 3.68. The standard InChI is InChI=1S/C12H15N3OS2.2ClH/c1-13-4-5-15(2)12(16)10-7-14-11(18-10)9-3-6-17-8-9;;/h3,6-8,13H,4-5H2,1-2H3;2*1H. The monoisotopic (exact) mass is 353 g/mol. The number of rotatable bonds is 5. The highest BCUT2D eigenvalue weighted by Gasteiger charge is 2.15. The van der Waals surface area contributed by atoms with Crippen LogP contribution in [-0.4, -0.2) is 43.0 Å². The van der Waals surface area contributed by atoms with Crippen LogP contribution in [0.1, 0.15) is 9.67 Å². The third kappa shape index (κ3) is 4.71. The zero-order chi connectivity index (χ0) is 13.0. The molecule has 0 saturated carbocycles. The predicted molar refractivity (Wildman–Crippen MR) is 90.8 cm³/mol. The maximum atomic E-state index is 12.1. The molecule has 1 N–H and O–H groups in total. The number of amides is 1. The second kappa shape index (κ2) is 9.31. The van der Waals surface area contributed by atoms with Gasteiger partial charge in [0.2, 0.25) is 0 Å². The minimum absolute atomic E-state index is 0. The van der Waals surface area contributed by atoms with Crippen LogP contribution in [0.15, 0.2) is 23.0 Å². The summed E-state index contributed by atoms with van der Waals surface area (Å²) in [4.78, 5) is 18.8.